The number of nitrogens with one attached hydrogen (secondary N) is 1. The lowest BCUT2D eigenvalue weighted by Gasteiger charge is -2.42. The Balaban J connectivity index is 1.02. The van der Waals surface area contributed by atoms with E-state index in [9.17, 15) is 14.4 Å². The highest BCUT2D eigenvalue weighted by atomic mass is 79.9. The number of piperazine rings is 1. The van der Waals surface area contributed by atoms with Gasteiger partial charge in [-0.1, -0.05) is 24.3 Å². The molecule has 1 N–H and O–H groups in total. The summed E-state index contributed by atoms with van der Waals surface area (Å²) in [5, 5.41) is 0.906. The summed E-state index contributed by atoms with van der Waals surface area (Å²) in [6, 6.07) is 14.1. The number of rotatable bonds is 6. The second kappa shape index (κ2) is 14.3. The summed E-state index contributed by atoms with van der Waals surface area (Å²) in [5.74, 6) is -0.148. The summed E-state index contributed by atoms with van der Waals surface area (Å²) in [5.41, 5.74) is 3.10. The number of carbonyl (C=O) groups excluding carboxylic acids is 2. The Kier molecular flexibility index (Phi) is 9.91. The van der Waals surface area contributed by atoms with Crippen molar-refractivity contribution < 1.29 is 14.3 Å². The number of hydrogen-bond acceptors (Lipinski definition) is 7. The molecule has 0 radical (unpaired) electrons. The highest BCUT2D eigenvalue weighted by Gasteiger charge is 2.35. The van der Waals surface area contributed by atoms with Gasteiger partial charge in [0.15, 0.2) is 6.10 Å². The van der Waals surface area contributed by atoms with Crippen LogP contribution < -0.4 is 5.69 Å². The lowest BCUT2D eigenvalue weighted by atomic mass is 10.0. The van der Waals surface area contributed by atoms with Crippen molar-refractivity contribution in [2.45, 2.75) is 50.3 Å². The van der Waals surface area contributed by atoms with Gasteiger partial charge in [0.1, 0.15) is 0 Å². The number of para-hydroxylation sites is 1. The smallest absolute Gasteiger partial charge is 0.410 e. The Labute approximate surface area is 296 Å². The number of amides is 2. The summed E-state index contributed by atoms with van der Waals surface area (Å²) in [7, 11) is 2.17. The molecule has 4 aromatic rings. The van der Waals surface area contributed by atoms with Crippen molar-refractivity contribution >= 4 is 65.8 Å². The van der Waals surface area contributed by atoms with Crippen molar-refractivity contribution in [3.8, 4) is 0 Å². The molecule has 7 rings (SSSR count). The molecule has 5 heterocycles. The number of hydrogen-bond donors (Lipinski definition) is 1. The molecule has 0 bridgehead atoms. The van der Waals surface area contributed by atoms with Crippen LogP contribution in [0.3, 0.4) is 0 Å². The minimum absolute atomic E-state index is 0.0864. The molecular weight excluding hydrogens is 742 g/mol. The van der Waals surface area contributed by atoms with E-state index >= 15 is 0 Å². The van der Waals surface area contributed by atoms with Crippen molar-refractivity contribution in [1.82, 2.24) is 34.1 Å². The second-order valence-electron chi connectivity index (χ2n) is 13.3. The molecule has 3 fully saturated rings. The van der Waals surface area contributed by atoms with Gasteiger partial charge in [0.2, 0.25) is 0 Å². The van der Waals surface area contributed by atoms with E-state index in [4.69, 9.17) is 4.74 Å². The van der Waals surface area contributed by atoms with E-state index in [1.807, 2.05) is 47.4 Å². The maximum absolute atomic E-state index is 14.0. The molecule has 1 atom stereocenters. The number of ether oxygens (including phenoxy) is 1. The first-order chi connectivity index (χ1) is 23.2. The predicted octanol–water partition coefficient (Wildman–Crippen LogP) is 5.03. The van der Waals surface area contributed by atoms with E-state index in [0.29, 0.717) is 45.1 Å². The number of carbonyl (C=O) groups is 2. The first kappa shape index (κ1) is 33.2. The van der Waals surface area contributed by atoms with Crippen LogP contribution in [0.25, 0.3) is 21.9 Å². The number of piperidine rings is 2. The first-order valence-corrected chi connectivity index (χ1v) is 18.4. The Morgan fingerprint density at radius 3 is 2.33 bits per heavy atom. The zero-order valence-corrected chi connectivity index (χ0v) is 30.3. The Morgan fingerprint density at radius 2 is 1.60 bits per heavy atom. The molecule has 2 aromatic carbocycles. The van der Waals surface area contributed by atoms with Crippen LogP contribution in [0.1, 0.15) is 37.3 Å². The van der Waals surface area contributed by atoms with E-state index in [2.05, 4.69) is 58.7 Å². The lowest BCUT2D eigenvalue weighted by molar-refractivity contribution is -0.143. The van der Waals surface area contributed by atoms with Crippen LogP contribution in [0.5, 0.6) is 0 Å². The lowest BCUT2D eigenvalue weighted by Crippen LogP contribution is -2.56. The van der Waals surface area contributed by atoms with E-state index in [1.54, 1.807) is 15.7 Å². The Hall–Kier alpha value is -3.26. The average Bonchev–Trinajstić information content (AvgIpc) is 3.46. The summed E-state index contributed by atoms with van der Waals surface area (Å²) in [4.78, 5) is 56.8. The fourth-order valence-electron chi connectivity index (χ4n) is 7.52. The van der Waals surface area contributed by atoms with Crippen LogP contribution in [0, 0.1) is 0 Å². The van der Waals surface area contributed by atoms with Gasteiger partial charge in [-0.05, 0) is 101 Å². The Morgan fingerprint density at radius 1 is 0.896 bits per heavy atom. The van der Waals surface area contributed by atoms with Gasteiger partial charge in [-0.15, -0.1) is 0 Å². The van der Waals surface area contributed by atoms with E-state index in [-0.39, 0.29) is 24.1 Å². The SMILES string of the molecule is CN1CCC(N2CCN(C(=O)[C@@H](Cc3ccc(Br)c(Br)c3)OC(=O)N3CCC(n4c(=O)[nH]c5c6ccccc6ncc54)CC3)CC2)CC1. The third kappa shape index (κ3) is 6.92. The summed E-state index contributed by atoms with van der Waals surface area (Å²) < 4.78 is 9.64. The number of nitrogens with zero attached hydrogens (tertiary/aromatic N) is 6. The van der Waals surface area contributed by atoms with Crippen molar-refractivity contribution in [1.29, 1.82) is 0 Å². The highest BCUT2D eigenvalue weighted by molar-refractivity contribution is 9.13. The van der Waals surface area contributed by atoms with Crippen LogP contribution in [-0.4, -0.2) is 118 Å². The second-order valence-corrected chi connectivity index (χ2v) is 15.0. The molecule has 0 spiro atoms. The van der Waals surface area contributed by atoms with Gasteiger partial charge in [0, 0.05) is 72.1 Å². The van der Waals surface area contributed by atoms with Gasteiger partial charge < -0.3 is 24.4 Å². The number of pyridine rings is 1. The van der Waals surface area contributed by atoms with Crippen LogP contribution in [0.4, 0.5) is 4.79 Å². The number of fused-ring (bicyclic) bond motifs is 3. The largest absolute Gasteiger partial charge is 0.436 e. The topological polar surface area (TPSA) is 107 Å². The van der Waals surface area contributed by atoms with Crippen LogP contribution in [0.15, 0.2) is 62.4 Å². The number of likely N-dealkylation sites (tertiary alicyclic amines) is 2. The standard InChI is InChI=1S/C35H41Br2N7O4/c1-40-12-8-24(9-13-40)41-16-18-42(19-17-41)33(45)31(21-23-6-7-27(36)28(37)20-23)48-35(47)43-14-10-25(11-15-43)44-30-22-38-29-5-3-2-4-26(29)32(30)39-34(44)46/h2-7,20,22,24-25,31H,8-19,21H2,1H3,(H,39,46)/t31-/m1/s1. The van der Waals surface area contributed by atoms with Crippen LogP contribution in [0.2, 0.25) is 0 Å². The van der Waals surface area contributed by atoms with Crippen LogP contribution >= 0.6 is 31.9 Å². The molecule has 3 aliphatic heterocycles. The highest BCUT2D eigenvalue weighted by Crippen LogP contribution is 2.29. The molecule has 2 aromatic heterocycles. The molecule has 48 heavy (non-hydrogen) atoms. The minimum atomic E-state index is -0.936. The number of benzene rings is 2. The monoisotopic (exact) mass is 781 g/mol. The molecule has 11 nitrogen and oxygen atoms in total. The van der Waals surface area contributed by atoms with Crippen molar-refractivity contribution in [3.63, 3.8) is 0 Å². The van der Waals surface area contributed by atoms with Gasteiger partial charge in [-0.2, -0.15) is 0 Å². The molecule has 0 aliphatic carbocycles. The van der Waals surface area contributed by atoms with Gasteiger partial charge in [0.25, 0.3) is 5.91 Å². The zero-order valence-electron chi connectivity index (χ0n) is 27.1. The number of imidazole rings is 1. The fourth-order valence-corrected chi connectivity index (χ4v) is 8.19. The van der Waals surface area contributed by atoms with E-state index in [1.165, 1.54) is 0 Å². The molecule has 3 saturated heterocycles. The first-order valence-electron chi connectivity index (χ1n) is 16.8. The minimum Gasteiger partial charge on any atom is -0.436 e. The predicted molar refractivity (Wildman–Crippen MR) is 192 cm³/mol. The number of H-pyrrole nitrogens is 1. The van der Waals surface area contributed by atoms with Gasteiger partial charge >= 0.3 is 11.8 Å². The quantitative estimate of drug-likeness (QED) is 0.293. The maximum Gasteiger partial charge on any atom is 0.410 e. The number of aromatic amines is 1. The molecule has 0 saturated carbocycles. The van der Waals surface area contributed by atoms with E-state index < -0.39 is 12.2 Å². The van der Waals surface area contributed by atoms with Crippen molar-refractivity contribution in [2.75, 3.05) is 59.4 Å². The number of aromatic nitrogens is 3. The number of halogens is 2. The third-order valence-corrected chi connectivity index (χ3v) is 12.2. The third-order valence-electron chi connectivity index (χ3n) is 10.3. The Bertz CT molecular complexity index is 1850. The molecule has 254 valence electrons. The molecule has 0 unspecified atom stereocenters. The van der Waals surface area contributed by atoms with E-state index in [0.717, 1.165) is 75.5 Å². The molecule has 13 heteroatoms. The maximum atomic E-state index is 14.0. The summed E-state index contributed by atoms with van der Waals surface area (Å²) >= 11 is 7.09. The summed E-state index contributed by atoms with van der Waals surface area (Å²) in [6.07, 6.45) is 4.10. The van der Waals surface area contributed by atoms with Crippen molar-refractivity contribution in [3.05, 3.63) is 73.7 Å². The molecule has 3 aliphatic rings. The molecule has 2 amide bonds. The van der Waals surface area contributed by atoms with Gasteiger partial charge in [0.05, 0.1) is 22.7 Å². The van der Waals surface area contributed by atoms with Gasteiger partial charge in [-0.3, -0.25) is 19.2 Å². The fraction of sp³-hybridized carbons (Fsp3) is 0.486. The van der Waals surface area contributed by atoms with Crippen LogP contribution in [-0.2, 0) is 16.0 Å². The normalized spacial score (nSPS) is 19.6. The van der Waals surface area contributed by atoms with Crippen molar-refractivity contribution in [2.24, 2.45) is 0 Å². The summed E-state index contributed by atoms with van der Waals surface area (Å²) in [6.45, 7) is 5.96. The zero-order chi connectivity index (χ0) is 33.4. The average molecular weight is 784 g/mol. The van der Waals surface area contributed by atoms with Gasteiger partial charge in [-0.25, -0.2) is 9.59 Å². The molecular formula is C35H41Br2N7O4.